The van der Waals surface area contributed by atoms with Gasteiger partial charge >= 0.3 is 0 Å². The van der Waals surface area contributed by atoms with Gasteiger partial charge in [-0.15, -0.1) is 0 Å². The van der Waals surface area contributed by atoms with E-state index in [0.29, 0.717) is 36.9 Å². The quantitative estimate of drug-likeness (QED) is 0.507. The first kappa shape index (κ1) is 22.6. The van der Waals surface area contributed by atoms with Crippen LogP contribution in [0.2, 0.25) is 0 Å². The van der Waals surface area contributed by atoms with Crippen molar-refractivity contribution in [1.82, 2.24) is 9.80 Å². The van der Waals surface area contributed by atoms with Crippen LogP contribution in [0.1, 0.15) is 18.1 Å². The molecule has 2 aliphatic heterocycles. The SMILES string of the molecule is CC(=O)N1CCN(C(=O)/C(C#N)=C2\SC=C(c3ccc(C)cc3)N2c2ccccc2F)CC1. The average molecular weight is 463 g/mol. The second kappa shape index (κ2) is 9.51. The summed E-state index contributed by atoms with van der Waals surface area (Å²) >= 11 is 1.23. The van der Waals surface area contributed by atoms with E-state index in [1.807, 2.05) is 36.6 Å². The van der Waals surface area contributed by atoms with Gasteiger partial charge < -0.3 is 9.80 Å². The number of thioether (sulfide) groups is 1. The van der Waals surface area contributed by atoms with E-state index in [2.05, 4.69) is 6.07 Å². The van der Waals surface area contributed by atoms with Gasteiger partial charge in [-0.3, -0.25) is 14.5 Å². The molecule has 2 heterocycles. The van der Waals surface area contributed by atoms with Crippen LogP contribution < -0.4 is 4.90 Å². The van der Waals surface area contributed by atoms with Crippen LogP contribution in [-0.4, -0.2) is 47.8 Å². The van der Waals surface area contributed by atoms with E-state index >= 15 is 0 Å². The van der Waals surface area contributed by atoms with E-state index in [1.165, 1.54) is 24.8 Å². The number of nitriles is 1. The number of nitrogens with zero attached hydrogens (tertiary/aromatic N) is 4. The molecule has 0 N–H and O–H groups in total. The predicted molar refractivity (Wildman–Crippen MR) is 127 cm³/mol. The maximum Gasteiger partial charge on any atom is 0.267 e. The van der Waals surface area contributed by atoms with Gasteiger partial charge in [-0.1, -0.05) is 53.7 Å². The standard InChI is InChI=1S/C25H23FN4O2S/c1-17-7-9-19(10-8-17)23-16-33-25(30(23)22-6-4-3-5-21(22)26)20(15-27)24(32)29-13-11-28(12-14-29)18(2)31/h3-10,16H,11-14H2,1-2H3/b25-20-. The number of rotatable bonds is 3. The smallest absolute Gasteiger partial charge is 0.267 e. The number of amides is 2. The molecule has 0 unspecified atom stereocenters. The monoisotopic (exact) mass is 462 g/mol. The average Bonchev–Trinajstić information content (AvgIpc) is 3.24. The van der Waals surface area contributed by atoms with Crippen LogP contribution in [-0.2, 0) is 9.59 Å². The summed E-state index contributed by atoms with van der Waals surface area (Å²) in [6, 6.07) is 16.2. The number of carbonyl (C=O) groups excluding carboxylic acids is 2. The third kappa shape index (κ3) is 4.50. The van der Waals surface area contributed by atoms with Crippen molar-refractivity contribution >= 4 is 35.0 Å². The van der Waals surface area contributed by atoms with Crippen LogP contribution in [0, 0.1) is 24.1 Å². The molecule has 168 valence electrons. The third-order valence-electron chi connectivity index (χ3n) is 5.72. The molecule has 1 fully saturated rings. The molecule has 0 atom stereocenters. The molecular weight excluding hydrogens is 439 g/mol. The molecule has 1 saturated heterocycles. The fourth-order valence-corrected chi connectivity index (χ4v) is 4.88. The summed E-state index contributed by atoms with van der Waals surface area (Å²) in [4.78, 5) is 29.8. The molecule has 0 aliphatic carbocycles. The van der Waals surface area contributed by atoms with Crippen LogP contribution in [0.15, 0.2) is 64.5 Å². The largest absolute Gasteiger partial charge is 0.339 e. The lowest BCUT2D eigenvalue weighted by Gasteiger charge is -2.34. The number of halogens is 1. The summed E-state index contributed by atoms with van der Waals surface area (Å²) in [5, 5.41) is 12.2. The fourth-order valence-electron chi connectivity index (χ4n) is 3.86. The van der Waals surface area contributed by atoms with Crippen molar-refractivity contribution in [2.24, 2.45) is 0 Å². The number of para-hydroxylation sites is 1. The van der Waals surface area contributed by atoms with Gasteiger partial charge in [0.25, 0.3) is 5.91 Å². The van der Waals surface area contributed by atoms with Gasteiger partial charge in [-0.25, -0.2) is 4.39 Å². The van der Waals surface area contributed by atoms with Crippen LogP contribution in [0.3, 0.4) is 0 Å². The summed E-state index contributed by atoms with van der Waals surface area (Å²) in [6.07, 6.45) is 0. The maximum atomic E-state index is 14.9. The second-order valence-corrected chi connectivity index (χ2v) is 8.72. The Labute approximate surface area is 196 Å². The highest BCUT2D eigenvalue weighted by Gasteiger charge is 2.34. The third-order valence-corrected chi connectivity index (χ3v) is 6.67. The summed E-state index contributed by atoms with van der Waals surface area (Å²) in [6.45, 7) is 5.02. The van der Waals surface area contributed by atoms with Gasteiger partial charge in [0.05, 0.1) is 11.4 Å². The minimum Gasteiger partial charge on any atom is -0.339 e. The Morgan fingerprint density at radius 3 is 2.24 bits per heavy atom. The topological polar surface area (TPSA) is 67.6 Å². The minimum atomic E-state index is -0.449. The van der Waals surface area contributed by atoms with Crippen molar-refractivity contribution in [2.75, 3.05) is 31.1 Å². The first-order chi connectivity index (χ1) is 15.9. The zero-order valence-corrected chi connectivity index (χ0v) is 19.2. The molecule has 8 heteroatoms. The van der Waals surface area contributed by atoms with Gasteiger partial charge in [0.1, 0.15) is 22.5 Å². The number of aryl methyl sites for hydroxylation is 1. The molecule has 0 saturated carbocycles. The molecule has 2 aliphatic rings. The maximum absolute atomic E-state index is 14.9. The zero-order chi connectivity index (χ0) is 23.5. The van der Waals surface area contributed by atoms with Crippen molar-refractivity contribution < 1.29 is 14.0 Å². The van der Waals surface area contributed by atoms with Gasteiger partial charge in [0, 0.05) is 38.5 Å². The Morgan fingerprint density at radius 1 is 1.00 bits per heavy atom. The molecule has 2 aromatic rings. The highest BCUT2D eigenvalue weighted by molar-refractivity contribution is 8.06. The number of hydrogen-bond acceptors (Lipinski definition) is 5. The van der Waals surface area contributed by atoms with Crippen molar-refractivity contribution in [2.45, 2.75) is 13.8 Å². The van der Waals surface area contributed by atoms with Gasteiger partial charge in [0.15, 0.2) is 0 Å². The Kier molecular flexibility index (Phi) is 6.52. The van der Waals surface area contributed by atoms with Gasteiger partial charge in [-0.05, 0) is 24.6 Å². The molecule has 0 bridgehead atoms. The molecule has 6 nitrogen and oxygen atoms in total. The number of benzene rings is 2. The van der Waals surface area contributed by atoms with Crippen LogP contribution >= 0.6 is 11.8 Å². The minimum absolute atomic E-state index is 0.0371. The van der Waals surface area contributed by atoms with Gasteiger partial charge in [0.2, 0.25) is 5.91 Å². The Balaban J connectivity index is 1.73. The highest BCUT2D eigenvalue weighted by Crippen LogP contribution is 2.45. The Bertz CT molecular complexity index is 1190. The van der Waals surface area contributed by atoms with E-state index in [4.69, 9.17) is 0 Å². The number of piperazine rings is 1. The predicted octanol–water partition coefficient (Wildman–Crippen LogP) is 4.11. The lowest BCUT2D eigenvalue weighted by molar-refractivity contribution is -0.136. The molecule has 4 rings (SSSR count). The Hall–Kier alpha value is -3.57. The molecule has 2 amide bonds. The van der Waals surface area contributed by atoms with E-state index in [1.54, 1.807) is 32.9 Å². The van der Waals surface area contributed by atoms with Crippen LogP contribution in [0.4, 0.5) is 10.1 Å². The summed E-state index contributed by atoms with van der Waals surface area (Å²) < 4.78 is 14.9. The lowest BCUT2D eigenvalue weighted by atomic mass is 10.1. The van der Waals surface area contributed by atoms with Crippen LogP contribution in [0.5, 0.6) is 0 Å². The van der Waals surface area contributed by atoms with Crippen LogP contribution in [0.25, 0.3) is 5.70 Å². The molecular formula is C25H23FN4O2S. The molecule has 0 radical (unpaired) electrons. The molecule has 33 heavy (non-hydrogen) atoms. The Morgan fingerprint density at radius 2 is 1.64 bits per heavy atom. The zero-order valence-electron chi connectivity index (χ0n) is 18.4. The van der Waals surface area contributed by atoms with Gasteiger partial charge in [-0.2, -0.15) is 5.26 Å². The van der Waals surface area contributed by atoms with Crippen molar-refractivity contribution in [3.05, 3.63) is 81.5 Å². The van der Waals surface area contributed by atoms with Crippen molar-refractivity contribution in [3.8, 4) is 6.07 Å². The van der Waals surface area contributed by atoms with Crippen molar-refractivity contribution in [3.63, 3.8) is 0 Å². The summed E-state index contributed by atoms with van der Waals surface area (Å²) in [7, 11) is 0. The number of anilines is 1. The molecule has 0 spiro atoms. The molecule has 0 aromatic heterocycles. The first-order valence-corrected chi connectivity index (χ1v) is 11.5. The highest BCUT2D eigenvalue weighted by atomic mass is 32.2. The first-order valence-electron chi connectivity index (χ1n) is 10.6. The van der Waals surface area contributed by atoms with E-state index in [0.717, 1.165) is 11.1 Å². The van der Waals surface area contributed by atoms with E-state index in [9.17, 15) is 19.2 Å². The fraction of sp³-hybridized carbons (Fsp3) is 0.240. The second-order valence-electron chi connectivity index (χ2n) is 7.86. The number of hydrogen-bond donors (Lipinski definition) is 0. The van der Waals surface area contributed by atoms with E-state index < -0.39 is 11.7 Å². The van der Waals surface area contributed by atoms with Crippen molar-refractivity contribution in [1.29, 1.82) is 5.26 Å². The lowest BCUT2D eigenvalue weighted by Crippen LogP contribution is -2.50. The number of carbonyl (C=O) groups is 2. The molecule has 2 aromatic carbocycles. The summed E-state index contributed by atoms with van der Waals surface area (Å²) in [5.74, 6) is -0.900. The normalized spacial score (nSPS) is 17.5. The summed E-state index contributed by atoms with van der Waals surface area (Å²) in [5.41, 5.74) is 2.87. The van der Waals surface area contributed by atoms with E-state index in [-0.39, 0.29) is 17.2 Å².